The van der Waals surface area contributed by atoms with Gasteiger partial charge in [0.05, 0.1) is 3.57 Å². The number of nitriles is 1. The van der Waals surface area contributed by atoms with Gasteiger partial charge in [-0.2, -0.15) is 5.26 Å². The summed E-state index contributed by atoms with van der Waals surface area (Å²) in [5.74, 6) is -0.402. The SMILES string of the molecule is N#C/C(=C\c1cc(Cl)cc(I)c1O)C(=O)c1ccccc1. The standard InChI is InChI=1S/C16H9ClINO2/c17-13-7-11(16(21)14(18)8-13)6-12(9-19)15(20)10-4-2-1-3-5-10/h1-8,21H/b12-6+. The molecule has 0 bridgehead atoms. The smallest absolute Gasteiger partial charge is 0.203 e. The van der Waals surface area contributed by atoms with Gasteiger partial charge in [0, 0.05) is 16.1 Å². The molecule has 0 heterocycles. The lowest BCUT2D eigenvalue weighted by molar-refractivity contribution is 0.104. The second-order valence-corrected chi connectivity index (χ2v) is 5.79. The largest absolute Gasteiger partial charge is 0.506 e. The second-order valence-electron chi connectivity index (χ2n) is 4.19. The van der Waals surface area contributed by atoms with E-state index in [1.54, 1.807) is 36.4 Å². The number of nitrogens with zero attached hydrogens (tertiary/aromatic N) is 1. The molecule has 0 aromatic heterocycles. The lowest BCUT2D eigenvalue weighted by Crippen LogP contribution is -2.01. The number of carbonyl (C=O) groups is 1. The molecular weight excluding hydrogens is 401 g/mol. The van der Waals surface area contributed by atoms with E-state index in [2.05, 4.69) is 0 Å². The van der Waals surface area contributed by atoms with Crippen LogP contribution >= 0.6 is 34.2 Å². The van der Waals surface area contributed by atoms with E-state index in [-0.39, 0.29) is 11.3 Å². The molecule has 0 aliphatic carbocycles. The van der Waals surface area contributed by atoms with Crippen molar-refractivity contribution in [2.75, 3.05) is 0 Å². The summed E-state index contributed by atoms with van der Waals surface area (Å²) >= 11 is 7.86. The minimum Gasteiger partial charge on any atom is -0.506 e. The Morgan fingerprint density at radius 2 is 1.95 bits per heavy atom. The summed E-state index contributed by atoms with van der Waals surface area (Å²) in [4.78, 5) is 12.3. The second kappa shape index (κ2) is 6.74. The molecule has 0 fully saturated rings. The zero-order valence-corrected chi connectivity index (χ0v) is 13.6. The number of rotatable bonds is 3. The Morgan fingerprint density at radius 1 is 1.29 bits per heavy atom. The van der Waals surface area contributed by atoms with Crippen LogP contribution in [0.3, 0.4) is 0 Å². The van der Waals surface area contributed by atoms with E-state index in [4.69, 9.17) is 11.6 Å². The third-order valence-electron chi connectivity index (χ3n) is 2.76. The molecule has 2 rings (SSSR count). The van der Waals surface area contributed by atoms with E-state index >= 15 is 0 Å². The van der Waals surface area contributed by atoms with Gasteiger partial charge in [0.15, 0.2) is 0 Å². The van der Waals surface area contributed by atoms with Crippen molar-refractivity contribution in [3.63, 3.8) is 0 Å². The van der Waals surface area contributed by atoms with Crippen LogP contribution in [-0.4, -0.2) is 10.9 Å². The number of allylic oxidation sites excluding steroid dienone is 1. The summed E-state index contributed by atoms with van der Waals surface area (Å²) in [6, 6.07) is 13.5. The number of hydrogen-bond acceptors (Lipinski definition) is 3. The lowest BCUT2D eigenvalue weighted by Gasteiger charge is -2.04. The van der Waals surface area contributed by atoms with Crippen LogP contribution in [0, 0.1) is 14.9 Å². The van der Waals surface area contributed by atoms with E-state index in [1.807, 2.05) is 28.7 Å². The van der Waals surface area contributed by atoms with Crippen molar-refractivity contribution in [2.24, 2.45) is 0 Å². The molecule has 0 radical (unpaired) electrons. The van der Waals surface area contributed by atoms with Crippen molar-refractivity contribution in [3.8, 4) is 11.8 Å². The van der Waals surface area contributed by atoms with E-state index in [0.29, 0.717) is 19.7 Å². The topological polar surface area (TPSA) is 61.1 Å². The zero-order valence-electron chi connectivity index (χ0n) is 10.7. The highest BCUT2D eigenvalue weighted by Crippen LogP contribution is 2.30. The monoisotopic (exact) mass is 409 g/mol. The third-order valence-corrected chi connectivity index (χ3v) is 3.80. The molecular formula is C16H9ClINO2. The van der Waals surface area contributed by atoms with E-state index in [9.17, 15) is 15.2 Å². The van der Waals surface area contributed by atoms with Crippen LogP contribution in [0.2, 0.25) is 5.02 Å². The van der Waals surface area contributed by atoms with Crippen molar-refractivity contribution in [3.05, 3.63) is 67.8 Å². The van der Waals surface area contributed by atoms with Crippen LogP contribution in [-0.2, 0) is 0 Å². The predicted molar refractivity (Wildman–Crippen MR) is 90.2 cm³/mol. The molecule has 2 aromatic rings. The molecule has 3 nitrogen and oxygen atoms in total. The normalized spacial score (nSPS) is 11.0. The quantitative estimate of drug-likeness (QED) is 0.353. The van der Waals surface area contributed by atoms with Crippen LogP contribution < -0.4 is 0 Å². The summed E-state index contributed by atoms with van der Waals surface area (Å²) in [6.45, 7) is 0. The highest BCUT2D eigenvalue weighted by Gasteiger charge is 2.14. The van der Waals surface area contributed by atoms with Gasteiger partial charge in [0.25, 0.3) is 0 Å². The predicted octanol–water partition coefficient (Wildman–Crippen LogP) is 4.44. The number of benzene rings is 2. The van der Waals surface area contributed by atoms with Gasteiger partial charge < -0.3 is 5.11 Å². The van der Waals surface area contributed by atoms with Gasteiger partial charge >= 0.3 is 0 Å². The average molecular weight is 410 g/mol. The number of Topliss-reactive ketones (excluding diaryl/α,β-unsaturated/α-hetero) is 1. The summed E-state index contributed by atoms with van der Waals surface area (Å²) in [7, 11) is 0. The van der Waals surface area contributed by atoms with Gasteiger partial charge in [-0.15, -0.1) is 0 Å². The molecule has 0 unspecified atom stereocenters. The van der Waals surface area contributed by atoms with E-state index < -0.39 is 5.78 Å². The van der Waals surface area contributed by atoms with Gasteiger partial charge in [0.1, 0.15) is 17.4 Å². The molecule has 0 spiro atoms. The van der Waals surface area contributed by atoms with Crippen LogP contribution in [0.5, 0.6) is 5.75 Å². The summed E-state index contributed by atoms with van der Waals surface area (Å²) < 4.78 is 0.552. The fourth-order valence-electron chi connectivity index (χ4n) is 1.75. The minimum atomic E-state index is -0.396. The molecule has 0 atom stereocenters. The molecule has 0 saturated carbocycles. The Morgan fingerprint density at radius 3 is 2.57 bits per heavy atom. The number of phenolic OH excluding ortho intramolecular Hbond substituents is 1. The lowest BCUT2D eigenvalue weighted by atomic mass is 10.0. The van der Waals surface area contributed by atoms with Gasteiger partial charge in [0.2, 0.25) is 5.78 Å². The molecule has 104 valence electrons. The van der Waals surface area contributed by atoms with Crippen LogP contribution in [0.15, 0.2) is 48.0 Å². The first-order valence-electron chi connectivity index (χ1n) is 5.92. The van der Waals surface area contributed by atoms with E-state index in [0.717, 1.165) is 0 Å². The molecule has 1 N–H and O–H groups in total. The first-order valence-corrected chi connectivity index (χ1v) is 7.38. The minimum absolute atomic E-state index is 0.00592. The van der Waals surface area contributed by atoms with Crippen molar-refractivity contribution in [1.29, 1.82) is 5.26 Å². The molecule has 0 aliphatic rings. The van der Waals surface area contributed by atoms with Crippen LogP contribution in [0.4, 0.5) is 0 Å². The Bertz CT molecular complexity index is 764. The zero-order chi connectivity index (χ0) is 15.4. The van der Waals surface area contributed by atoms with Gasteiger partial charge in [-0.3, -0.25) is 4.79 Å². The number of phenols is 1. The Hall–Kier alpha value is -1.84. The fourth-order valence-corrected chi connectivity index (χ4v) is 2.80. The maximum atomic E-state index is 12.3. The Balaban J connectivity index is 2.48. The van der Waals surface area contributed by atoms with Crippen LogP contribution in [0.25, 0.3) is 6.08 Å². The maximum Gasteiger partial charge on any atom is 0.203 e. The number of ketones is 1. The fraction of sp³-hybridized carbons (Fsp3) is 0. The van der Waals surface area contributed by atoms with Gasteiger partial charge in [-0.25, -0.2) is 0 Å². The average Bonchev–Trinajstić information content (AvgIpc) is 2.49. The Labute approximate surface area is 140 Å². The van der Waals surface area contributed by atoms with Gasteiger partial charge in [-0.1, -0.05) is 41.9 Å². The summed E-state index contributed by atoms with van der Waals surface area (Å²) in [6.07, 6.45) is 1.35. The molecule has 0 aliphatic heterocycles. The number of halogens is 2. The highest BCUT2D eigenvalue weighted by molar-refractivity contribution is 14.1. The highest BCUT2D eigenvalue weighted by atomic mass is 127. The molecule has 0 amide bonds. The molecule has 2 aromatic carbocycles. The first kappa shape index (κ1) is 15.5. The number of carbonyl (C=O) groups excluding carboxylic acids is 1. The summed E-state index contributed by atoms with van der Waals surface area (Å²) in [5, 5.41) is 19.6. The van der Waals surface area contributed by atoms with Crippen molar-refractivity contribution in [2.45, 2.75) is 0 Å². The molecule has 0 saturated heterocycles. The number of hydrogen-bond donors (Lipinski definition) is 1. The van der Waals surface area contributed by atoms with Crippen molar-refractivity contribution >= 4 is 46.1 Å². The molecule has 5 heteroatoms. The van der Waals surface area contributed by atoms with Crippen LogP contribution in [0.1, 0.15) is 15.9 Å². The first-order chi connectivity index (χ1) is 10.0. The van der Waals surface area contributed by atoms with Crippen molar-refractivity contribution < 1.29 is 9.90 Å². The number of aromatic hydroxyl groups is 1. The van der Waals surface area contributed by atoms with Gasteiger partial charge in [-0.05, 0) is 40.8 Å². The summed E-state index contributed by atoms with van der Waals surface area (Å²) in [5.41, 5.74) is 0.698. The van der Waals surface area contributed by atoms with E-state index in [1.165, 1.54) is 12.1 Å². The van der Waals surface area contributed by atoms with Crippen molar-refractivity contribution in [1.82, 2.24) is 0 Å². The Kier molecular flexibility index (Phi) is 4.99. The molecule has 21 heavy (non-hydrogen) atoms. The third kappa shape index (κ3) is 3.63. The maximum absolute atomic E-state index is 12.3.